The summed E-state index contributed by atoms with van der Waals surface area (Å²) in [7, 11) is 1.65. The second kappa shape index (κ2) is 7.46. The molecular weight excluding hydrogens is 384 g/mol. The smallest absolute Gasteiger partial charge is 0.185 e. The van der Waals surface area contributed by atoms with E-state index in [1.807, 2.05) is 18.5 Å². The number of thiazole rings is 1. The SMILES string of the molecule is COc1cncc(-c2ccc3[nH]nc(-c4cnc(N5CCC(N)CC5)s4)c3c2)c1. The van der Waals surface area contributed by atoms with Gasteiger partial charge < -0.3 is 15.4 Å². The fourth-order valence-electron chi connectivity index (χ4n) is 3.68. The summed E-state index contributed by atoms with van der Waals surface area (Å²) in [6.07, 6.45) is 7.49. The number of rotatable bonds is 4. The molecule has 5 rings (SSSR count). The average molecular weight is 407 g/mol. The molecule has 0 bridgehead atoms. The number of benzene rings is 1. The van der Waals surface area contributed by atoms with Gasteiger partial charge in [0.2, 0.25) is 0 Å². The van der Waals surface area contributed by atoms with E-state index in [9.17, 15) is 0 Å². The Labute approximate surface area is 172 Å². The molecule has 0 amide bonds. The highest BCUT2D eigenvalue weighted by molar-refractivity contribution is 7.19. The number of fused-ring (bicyclic) bond motifs is 1. The molecule has 29 heavy (non-hydrogen) atoms. The van der Waals surface area contributed by atoms with Gasteiger partial charge in [0, 0.05) is 42.5 Å². The highest BCUT2D eigenvalue weighted by Gasteiger charge is 2.20. The second-order valence-electron chi connectivity index (χ2n) is 7.28. The van der Waals surface area contributed by atoms with Gasteiger partial charge in [0.15, 0.2) is 5.13 Å². The first kappa shape index (κ1) is 18.1. The van der Waals surface area contributed by atoms with Crippen molar-refractivity contribution in [2.24, 2.45) is 5.73 Å². The second-order valence-corrected chi connectivity index (χ2v) is 8.29. The maximum Gasteiger partial charge on any atom is 0.185 e. The Kier molecular flexibility index (Phi) is 4.65. The molecule has 0 radical (unpaired) electrons. The van der Waals surface area contributed by atoms with Crippen LogP contribution in [-0.4, -0.2) is 46.4 Å². The van der Waals surface area contributed by atoms with Gasteiger partial charge >= 0.3 is 0 Å². The third kappa shape index (κ3) is 3.45. The number of anilines is 1. The maximum absolute atomic E-state index is 6.03. The Bertz CT molecular complexity index is 1150. The molecule has 1 aliphatic heterocycles. The van der Waals surface area contributed by atoms with E-state index in [2.05, 4.69) is 43.3 Å². The van der Waals surface area contributed by atoms with Crippen molar-refractivity contribution < 1.29 is 4.74 Å². The van der Waals surface area contributed by atoms with Gasteiger partial charge in [0.25, 0.3) is 0 Å². The van der Waals surface area contributed by atoms with Crippen molar-refractivity contribution in [2.45, 2.75) is 18.9 Å². The summed E-state index contributed by atoms with van der Waals surface area (Å²) in [5, 5.41) is 9.82. The molecule has 0 spiro atoms. The summed E-state index contributed by atoms with van der Waals surface area (Å²) < 4.78 is 5.31. The van der Waals surface area contributed by atoms with Crippen molar-refractivity contribution in [2.75, 3.05) is 25.1 Å². The number of hydrogen-bond donors (Lipinski definition) is 2. The lowest BCUT2D eigenvalue weighted by Gasteiger charge is -2.29. The highest BCUT2D eigenvalue weighted by Crippen LogP contribution is 2.36. The number of aromatic amines is 1. The molecule has 3 N–H and O–H groups in total. The topological polar surface area (TPSA) is 92.9 Å². The molecule has 1 aliphatic rings. The normalized spacial score (nSPS) is 15.2. The summed E-state index contributed by atoms with van der Waals surface area (Å²) >= 11 is 1.68. The number of ether oxygens (including phenoxy) is 1. The third-order valence-corrected chi connectivity index (χ3v) is 6.45. The van der Waals surface area contributed by atoms with Gasteiger partial charge in [0.05, 0.1) is 23.7 Å². The van der Waals surface area contributed by atoms with Gasteiger partial charge in [0.1, 0.15) is 11.4 Å². The molecule has 4 aromatic rings. The Morgan fingerprint density at radius 1 is 1.14 bits per heavy atom. The van der Waals surface area contributed by atoms with Crippen LogP contribution in [0.3, 0.4) is 0 Å². The van der Waals surface area contributed by atoms with Gasteiger partial charge in [-0.2, -0.15) is 5.10 Å². The molecule has 7 nitrogen and oxygen atoms in total. The molecule has 1 fully saturated rings. The van der Waals surface area contributed by atoms with E-state index in [-0.39, 0.29) is 0 Å². The van der Waals surface area contributed by atoms with Crippen LogP contribution in [0.4, 0.5) is 5.13 Å². The Hall–Kier alpha value is -2.97. The molecule has 148 valence electrons. The largest absolute Gasteiger partial charge is 0.495 e. The summed E-state index contributed by atoms with van der Waals surface area (Å²) in [6, 6.07) is 8.55. The van der Waals surface area contributed by atoms with Crippen molar-refractivity contribution in [1.82, 2.24) is 20.2 Å². The van der Waals surface area contributed by atoms with Crippen LogP contribution in [0.15, 0.2) is 42.9 Å². The number of nitrogens with zero attached hydrogens (tertiary/aromatic N) is 4. The minimum atomic E-state index is 0.311. The number of pyridine rings is 1. The van der Waals surface area contributed by atoms with Crippen molar-refractivity contribution >= 4 is 27.4 Å². The lowest BCUT2D eigenvalue weighted by Crippen LogP contribution is -2.39. The Balaban J connectivity index is 1.49. The third-order valence-electron chi connectivity index (χ3n) is 5.38. The molecule has 0 saturated carbocycles. The molecule has 0 aliphatic carbocycles. The molecule has 1 aromatic carbocycles. The zero-order chi connectivity index (χ0) is 19.8. The van der Waals surface area contributed by atoms with E-state index < -0.39 is 0 Å². The summed E-state index contributed by atoms with van der Waals surface area (Å²) in [5.74, 6) is 0.739. The van der Waals surface area contributed by atoms with Gasteiger partial charge in [-0.05, 0) is 36.6 Å². The zero-order valence-corrected chi connectivity index (χ0v) is 16.9. The van der Waals surface area contributed by atoms with Crippen LogP contribution in [0.25, 0.3) is 32.6 Å². The summed E-state index contributed by atoms with van der Waals surface area (Å²) in [6.45, 7) is 1.92. The molecular formula is C21H22N6OS. The van der Waals surface area contributed by atoms with Gasteiger partial charge in [-0.15, -0.1) is 0 Å². The van der Waals surface area contributed by atoms with Crippen LogP contribution in [-0.2, 0) is 0 Å². The van der Waals surface area contributed by atoms with Crippen molar-refractivity contribution in [1.29, 1.82) is 0 Å². The van der Waals surface area contributed by atoms with E-state index in [1.54, 1.807) is 24.6 Å². The van der Waals surface area contributed by atoms with E-state index in [0.717, 1.165) is 69.4 Å². The zero-order valence-electron chi connectivity index (χ0n) is 16.1. The highest BCUT2D eigenvalue weighted by atomic mass is 32.1. The first-order valence-electron chi connectivity index (χ1n) is 9.65. The van der Waals surface area contributed by atoms with Gasteiger partial charge in [-0.25, -0.2) is 4.98 Å². The molecule has 1 saturated heterocycles. The van der Waals surface area contributed by atoms with Crippen LogP contribution in [0, 0.1) is 0 Å². The number of H-pyrrole nitrogens is 1. The maximum atomic E-state index is 6.03. The van der Waals surface area contributed by atoms with Crippen molar-refractivity contribution in [3.05, 3.63) is 42.9 Å². The van der Waals surface area contributed by atoms with Crippen molar-refractivity contribution in [3.63, 3.8) is 0 Å². The number of nitrogens with one attached hydrogen (secondary N) is 1. The number of nitrogens with two attached hydrogens (primary N) is 1. The van der Waals surface area contributed by atoms with Crippen LogP contribution in [0.1, 0.15) is 12.8 Å². The monoisotopic (exact) mass is 406 g/mol. The van der Waals surface area contributed by atoms with E-state index in [1.165, 1.54) is 0 Å². The Morgan fingerprint density at radius 2 is 2.00 bits per heavy atom. The predicted octanol–water partition coefficient (Wildman–Crippen LogP) is 3.68. The minimum Gasteiger partial charge on any atom is -0.495 e. The molecule has 0 unspecified atom stereocenters. The number of methoxy groups -OCH3 is 1. The van der Waals surface area contributed by atoms with E-state index in [4.69, 9.17) is 10.5 Å². The molecule has 8 heteroatoms. The molecule has 3 aromatic heterocycles. The summed E-state index contributed by atoms with van der Waals surface area (Å²) in [5.41, 5.74) is 10.0. The first-order chi connectivity index (χ1) is 14.2. The van der Waals surface area contributed by atoms with E-state index in [0.29, 0.717) is 6.04 Å². The van der Waals surface area contributed by atoms with E-state index >= 15 is 0 Å². The number of aromatic nitrogens is 4. The standard InChI is InChI=1S/C21H22N6OS/c1-28-16-8-14(10-23-11-16)13-2-3-18-17(9-13)20(26-25-18)19-12-24-21(29-19)27-6-4-15(22)5-7-27/h2-3,8-12,15H,4-7,22H2,1H3,(H,25,26). The first-order valence-corrected chi connectivity index (χ1v) is 10.5. The predicted molar refractivity (Wildman–Crippen MR) is 116 cm³/mol. The van der Waals surface area contributed by atoms with Gasteiger partial charge in [-0.3, -0.25) is 10.1 Å². The molecule has 4 heterocycles. The van der Waals surface area contributed by atoms with Gasteiger partial charge in [-0.1, -0.05) is 17.4 Å². The lowest BCUT2D eigenvalue weighted by molar-refractivity contribution is 0.413. The Morgan fingerprint density at radius 3 is 2.83 bits per heavy atom. The average Bonchev–Trinajstić information content (AvgIpc) is 3.41. The molecule has 0 atom stereocenters. The fraction of sp³-hybridized carbons (Fsp3) is 0.286. The lowest BCUT2D eigenvalue weighted by atomic mass is 10.0. The quantitative estimate of drug-likeness (QED) is 0.537. The number of hydrogen-bond acceptors (Lipinski definition) is 7. The fourth-order valence-corrected chi connectivity index (χ4v) is 4.65. The van der Waals surface area contributed by atoms with Crippen LogP contribution >= 0.6 is 11.3 Å². The number of piperidine rings is 1. The van der Waals surface area contributed by atoms with Crippen LogP contribution < -0.4 is 15.4 Å². The van der Waals surface area contributed by atoms with Crippen LogP contribution in [0.5, 0.6) is 5.75 Å². The summed E-state index contributed by atoms with van der Waals surface area (Å²) in [4.78, 5) is 12.3. The van der Waals surface area contributed by atoms with Crippen molar-refractivity contribution in [3.8, 4) is 27.4 Å². The minimum absolute atomic E-state index is 0.311. The van der Waals surface area contributed by atoms with Crippen LogP contribution in [0.2, 0.25) is 0 Å².